The normalized spacial score (nSPS) is 14.0. The molecule has 1 aromatic rings. The molecule has 0 aliphatic carbocycles. The minimum atomic E-state index is 0.148. The maximum Gasteiger partial charge on any atom is 0.119 e. The fourth-order valence-electron chi connectivity index (χ4n) is 0.700. The summed E-state index contributed by atoms with van der Waals surface area (Å²) in [5, 5.41) is 0.148. The van der Waals surface area contributed by atoms with Gasteiger partial charge in [0.1, 0.15) is 5.82 Å². The molecule has 0 amide bonds. The summed E-state index contributed by atoms with van der Waals surface area (Å²) in [5.41, 5.74) is 0. The average molecular weight is 155 g/mol. The predicted octanol–water partition coefficient (Wildman–Crippen LogP) is 1.99. The van der Waals surface area contributed by atoms with Gasteiger partial charge in [-0.3, -0.25) is 0 Å². The Morgan fingerprint density at radius 3 is 2.80 bits per heavy atom. The fraction of sp³-hybridized carbons (Fsp3) is 0.429. The van der Waals surface area contributed by atoms with Crippen LogP contribution in [0.2, 0.25) is 0 Å². The van der Waals surface area contributed by atoms with Crippen LogP contribution in [0.3, 0.4) is 0 Å². The second kappa shape index (κ2) is 3.10. The molecule has 10 heavy (non-hydrogen) atoms. The molecule has 1 radical (unpaired) electrons. The standard InChI is InChI=1S/C7H11N2S/c1-5(2)6(10)7-8-3-4-9-7/h3-4,6,10H,1-2H3,(H,8,9). The molecule has 1 heterocycles. The highest BCUT2D eigenvalue weighted by Gasteiger charge is 2.12. The molecule has 3 heteroatoms. The smallest absolute Gasteiger partial charge is 0.119 e. The van der Waals surface area contributed by atoms with Gasteiger partial charge in [-0.25, -0.2) is 4.98 Å². The van der Waals surface area contributed by atoms with Gasteiger partial charge in [0, 0.05) is 12.4 Å². The number of thiol groups is 1. The van der Waals surface area contributed by atoms with Crippen molar-refractivity contribution in [3.8, 4) is 0 Å². The summed E-state index contributed by atoms with van der Waals surface area (Å²) in [4.78, 5) is 7.09. The van der Waals surface area contributed by atoms with Crippen molar-refractivity contribution in [3.63, 3.8) is 0 Å². The molecule has 0 saturated heterocycles. The minimum Gasteiger partial charge on any atom is -0.348 e. The van der Waals surface area contributed by atoms with Crippen LogP contribution in [-0.4, -0.2) is 9.97 Å². The Kier molecular flexibility index (Phi) is 2.38. The SMILES string of the molecule is C[C](C)C(S)c1ncc[nH]1. The molecule has 0 spiro atoms. The Balaban J connectivity index is 2.68. The number of nitrogens with one attached hydrogen (secondary N) is 1. The fourth-order valence-corrected chi connectivity index (χ4v) is 0.842. The lowest BCUT2D eigenvalue weighted by Crippen LogP contribution is -1.98. The zero-order valence-electron chi connectivity index (χ0n) is 6.13. The van der Waals surface area contributed by atoms with Crippen molar-refractivity contribution < 1.29 is 0 Å². The first-order chi connectivity index (χ1) is 4.72. The average Bonchev–Trinajstić information content (AvgIpc) is 2.36. The molecule has 0 aliphatic heterocycles. The quantitative estimate of drug-likeness (QED) is 0.628. The Hall–Kier alpha value is -0.440. The van der Waals surface area contributed by atoms with Gasteiger partial charge in [-0.15, -0.1) is 0 Å². The van der Waals surface area contributed by atoms with Crippen molar-refractivity contribution in [1.82, 2.24) is 9.97 Å². The van der Waals surface area contributed by atoms with Crippen molar-refractivity contribution in [2.75, 3.05) is 0 Å². The third kappa shape index (κ3) is 1.53. The van der Waals surface area contributed by atoms with Gasteiger partial charge in [0.25, 0.3) is 0 Å². The van der Waals surface area contributed by atoms with E-state index < -0.39 is 0 Å². The third-order valence-electron chi connectivity index (χ3n) is 1.33. The second-order valence-corrected chi connectivity index (χ2v) is 2.97. The van der Waals surface area contributed by atoms with Crippen LogP contribution in [0.1, 0.15) is 24.9 Å². The molecule has 1 atom stereocenters. The lowest BCUT2D eigenvalue weighted by molar-refractivity contribution is 0.873. The maximum atomic E-state index is 4.35. The Morgan fingerprint density at radius 1 is 1.70 bits per heavy atom. The molecule has 1 rings (SSSR count). The van der Waals surface area contributed by atoms with Crippen molar-refractivity contribution in [1.29, 1.82) is 0 Å². The lowest BCUT2D eigenvalue weighted by atomic mass is 10.1. The number of hydrogen-bond donors (Lipinski definition) is 2. The molecule has 2 nitrogen and oxygen atoms in total. The number of H-pyrrole nitrogens is 1. The molecule has 1 aromatic heterocycles. The summed E-state index contributed by atoms with van der Waals surface area (Å²) in [6.45, 7) is 4.08. The number of aromatic amines is 1. The van der Waals surface area contributed by atoms with Crippen LogP contribution in [0.15, 0.2) is 12.4 Å². The maximum absolute atomic E-state index is 4.35. The predicted molar refractivity (Wildman–Crippen MR) is 44.9 cm³/mol. The Morgan fingerprint density at radius 2 is 2.40 bits per heavy atom. The van der Waals surface area contributed by atoms with Gasteiger partial charge in [-0.2, -0.15) is 12.6 Å². The highest BCUT2D eigenvalue weighted by atomic mass is 32.1. The van der Waals surface area contributed by atoms with E-state index in [1.807, 2.05) is 20.0 Å². The zero-order chi connectivity index (χ0) is 7.56. The van der Waals surface area contributed by atoms with Crippen LogP contribution < -0.4 is 0 Å². The number of aromatic nitrogens is 2. The molecule has 0 aliphatic rings. The number of hydrogen-bond acceptors (Lipinski definition) is 2. The topological polar surface area (TPSA) is 28.7 Å². The highest BCUT2D eigenvalue weighted by molar-refractivity contribution is 7.80. The van der Waals surface area contributed by atoms with Crippen LogP contribution in [0.5, 0.6) is 0 Å². The van der Waals surface area contributed by atoms with Crippen LogP contribution in [0.4, 0.5) is 0 Å². The van der Waals surface area contributed by atoms with Crippen LogP contribution in [0.25, 0.3) is 0 Å². The van der Waals surface area contributed by atoms with Gasteiger partial charge < -0.3 is 4.98 Å². The van der Waals surface area contributed by atoms with Gasteiger partial charge in [0.15, 0.2) is 0 Å². The molecule has 1 N–H and O–H groups in total. The zero-order valence-corrected chi connectivity index (χ0v) is 7.02. The largest absolute Gasteiger partial charge is 0.348 e. The lowest BCUT2D eigenvalue weighted by Gasteiger charge is -2.09. The summed E-state index contributed by atoms with van der Waals surface area (Å²) < 4.78 is 0. The van der Waals surface area contributed by atoms with Crippen molar-refractivity contribution in [2.24, 2.45) is 0 Å². The van der Waals surface area contributed by atoms with Crippen molar-refractivity contribution in [2.45, 2.75) is 19.1 Å². The van der Waals surface area contributed by atoms with Gasteiger partial charge in [-0.05, 0) is 5.92 Å². The van der Waals surface area contributed by atoms with E-state index in [0.717, 1.165) is 5.82 Å². The van der Waals surface area contributed by atoms with E-state index in [2.05, 4.69) is 22.6 Å². The molecule has 55 valence electrons. The minimum absolute atomic E-state index is 0.148. The Labute approximate surface area is 66.5 Å². The molecule has 0 aromatic carbocycles. The highest BCUT2D eigenvalue weighted by Crippen LogP contribution is 2.25. The van der Waals surface area contributed by atoms with Gasteiger partial charge in [0.05, 0.1) is 5.25 Å². The first-order valence-corrected chi connectivity index (χ1v) is 3.71. The summed E-state index contributed by atoms with van der Waals surface area (Å²) in [7, 11) is 0. The van der Waals surface area contributed by atoms with E-state index >= 15 is 0 Å². The van der Waals surface area contributed by atoms with E-state index in [-0.39, 0.29) is 5.25 Å². The summed E-state index contributed by atoms with van der Waals surface area (Å²) in [5.74, 6) is 2.17. The van der Waals surface area contributed by atoms with Gasteiger partial charge >= 0.3 is 0 Å². The van der Waals surface area contributed by atoms with E-state index in [9.17, 15) is 0 Å². The number of rotatable bonds is 2. The van der Waals surface area contributed by atoms with E-state index in [1.54, 1.807) is 6.20 Å². The number of imidazole rings is 1. The van der Waals surface area contributed by atoms with Gasteiger partial charge in [0.2, 0.25) is 0 Å². The van der Waals surface area contributed by atoms with E-state index in [0.29, 0.717) is 0 Å². The number of nitrogens with zero attached hydrogens (tertiary/aromatic N) is 1. The molecule has 0 fully saturated rings. The van der Waals surface area contributed by atoms with Crippen molar-refractivity contribution in [3.05, 3.63) is 24.1 Å². The Bertz CT molecular complexity index is 181. The summed E-state index contributed by atoms with van der Waals surface area (Å²) >= 11 is 4.35. The first kappa shape index (κ1) is 7.66. The molecular formula is C7H11N2S. The molecule has 1 unspecified atom stereocenters. The summed E-state index contributed by atoms with van der Waals surface area (Å²) in [6.07, 6.45) is 3.54. The monoisotopic (exact) mass is 155 g/mol. The molecule has 0 saturated carbocycles. The van der Waals surface area contributed by atoms with E-state index in [4.69, 9.17) is 0 Å². The van der Waals surface area contributed by atoms with Gasteiger partial charge in [-0.1, -0.05) is 13.8 Å². The third-order valence-corrected chi connectivity index (χ3v) is 2.09. The van der Waals surface area contributed by atoms with Crippen LogP contribution in [-0.2, 0) is 0 Å². The molecule has 0 bridgehead atoms. The van der Waals surface area contributed by atoms with E-state index in [1.165, 1.54) is 5.92 Å². The van der Waals surface area contributed by atoms with Crippen LogP contribution >= 0.6 is 12.6 Å². The molecular weight excluding hydrogens is 144 g/mol. The second-order valence-electron chi connectivity index (χ2n) is 2.45. The summed E-state index contributed by atoms with van der Waals surface area (Å²) in [6, 6.07) is 0. The van der Waals surface area contributed by atoms with Crippen LogP contribution in [0, 0.1) is 5.92 Å². The van der Waals surface area contributed by atoms with Crippen molar-refractivity contribution >= 4 is 12.6 Å². The first-order valence-electron chi connectivity index (χ1n) is 3.19.